The van der Waals surface area contributed by atoms with Crippen LogP contribution in [0.25, 0.3) is 0 Å². The van der Waals surface area contributed by atoms with E-state index in [0.717, 1.165) is 17.9 Å². The second-order valence-corrected chi connectivity index (χ2v) is 6.35. The number of anilines is 1. The van der Waals surface area contributed by atoms with Crippen molar-refractivity contribution in [1.82, 2.24) is 14.7 Å². The summed E-state index contributed by atoms with van der Waals surface area (Å²) in [7, 11) is 0. The molecule has 1 aliphatic heterocycles. The number of carbonyl (C=O) groups is 1. The van der Waals surface area contributed by atoms with Gasteiger partial charge in [-0.2, -0.15) is 5.10 Å². The molecule has 1 aliphatic rings. The van der Waals surface area contributed by atoms with Gasteiger partial charge in [-0.1, -0.05) is 13.8 Å². The molecule has 1 fully saturated rings. The minimum absolute atomic E-state index is 0.140. The standard InChI is InChI=1S/C15H26N4O/c1-9-6-10(2)12(4)18(7-9)14(20)8-19-13(5)15(16)11(3)17-19/h9-10,12H,6-8,16H2,1-5H3. The molecule has 3 atom stereocenters. The zero-order valence-corrected chi connectivity index (χ0v) is 13.2. The first-order valence-electron chi connectivity index (χ1n) is 7.40. The number of aromatic nitrogens is 2. The van der Waals surface area contributed by atoms with E-state index in [1.807, 2.05) is 18.7 Å². The van der Waals surface area contributed by atoms with E-state index in [4.69, 9.17) is 5.73 Å². The number of carbonyl (C=O) groups excluding carboxylic acids is 1. The minimum atomic E-state index is 0.140. The molecule has 1 amide bonds. The van der Waals surface area contributed by atoms with E-state index in [0.29, 0.717) is 23.6 Å². The van der Waals surface area contributed by atoms with Crippen LogP contribution in [0, 0.1) is 25.7 Å². The Morgan fingerprint density at radius 1 is 1.35 bits per heavy atom. The molecular weight excluding hydrogens is 252 g/mol. The third-order valence-corrected chi connectivity index (χ3v) is 4.64. The number of nitrogens with two attached hydrogens (primary N) is 1. The molecule has 0 aromatic carbocycles. The first-order valence-corrected chi connectivity index (χ1v) is 7.40. The SMILES string of the molecule is Cc1nn(CC(=O)N2CC(C)CC(C)C2C)c(C)c1N. The van der Waals surface area contributed by atoms with E-state index in [-0.39, 0.29) is 12.5 Å². The Kier molecular flexibility index (Phi) is 4.06. The fourth-order valence-corrected chi connectivity index (χ4v) is 3.13. The predicted molar refractivity (Wildman–Crippen MR) is 80.2 cm³/mol. The quantitative estimate of drug-likeness (QED) is 0.899. The smallest absolute Gasteiger partial charge is 0.244 e. The van der Waals surface area contributed by atoms with Crippen molar-refractivity contribution in [2.45, 2.75) is 53.6 Å². The Hall–Kier alpha value is -1.52. The van der Waals surface area contributed by atoms with E-state index in [1.165, 1.54) is 6.42 Å². The van der Waals surface area contributed by atoms with Gasteiger partial charge in [0.05, 0.1) is 17.1 Å². The van der Waals surface area contributed by atoms with Crippen molar-refractivity contribution in [2.75, 3.05) is 12.3 Å². The number of hydrogen-bond donors (Lipinski definition) is 1. The molecule has 1 aromatic heterocycles. The molecule has 0 aliphatic carbocycles. The average Bonchev–Trinajstić information content (AvgIpc) is 2.61. The van der Waals surface area contributed by atoms with Gasteiger partial charge in [0.25, 0.3) is 0 Å². The van der Waals surface area contributed by atoms with Crippen molar-refractivity contribution in [3.8, 4) is 0 Å². The number of hydrogen-bond acceptors (Lipinski definition) is 3. The van der Waals surface area contributed by atoms with Gasteiger partial charge in [-0.15, -0.1) is 0 Å². The summed E-state index contributed by atoms with van der Waals surface area (Å²) in [4.78, 5) is 14.6. The van der Waals surface area contributed by atoms with Crippen molar-refractivity contribution in [1.29, 1.82) is 0 Å². The van der Waals surface area contributed by atoms with Crippen LogP contribution in [0.2, 0.25) is 0 Å². The van der Waals surface area contributed by atoms with E-state index >= 15 is 0 Å². The molecule has 5 nitrogen and oxygen atoms in total. The Labute approximate surface area is 121 Å². The minimum Gasteiger partial charge on any atom is -0.396 e. The first-order chi connectivity index (χ1) is 9.31. The monoisotopic (exact) mass is 278 g/mol. The molecule has 20 heavy (non-hydrogen) atoms. The van der Waals surface area contributed by atoms with Gasteiger partial charge in [-0.25, -0.2) is 0 Å². The van der Waals surface area contributed by atoms with Crippen LogP contribution in [0.1, 0.15) is 38.6 Å². The Morgan fingerprint density at radius 3 is 2.55 bits per heavy atom. The van der Waals surface area contributed by atoms with Crippen molar-refractivity contribution >= 4 is 11.6 Å². The molecule has 0 saturated carbocycles. The Morgan fingerprint density at radius 2 is 2.00 bits per heavy atom. The third kappa shape index (κ3) is 2.67. The highest BCUT2D eigenvalue weighted by Crippen LogP contribution is 2.27. The van der Waals surface area contributed by atoms with Crippen molar-refractivity contribution < 1.29 is 4.79 Å². The molecule has 0 spiro atoms. The lowest BCUT2D eigenvalue weighted by Gasteiger charge is -2.41. The lowest BCUT2D eigenvalue weighted by Crippen LogP contribution is -2.50. The van der Waals surface area contributed by atoms with Gasteiger partial charge in [-0.05, 0) is 39.0 Å². The van der Waals surface area contributed by atoms with Gasteiger partial charge in [0.1, 0.15) is 6.54 Å². The summed E-state index contributed by atoms with van der Waals surface area (Å²) in [5.74, 6) is 1.25. The molecule has 5 heteroatoms. The molecule has 1 aromatic rings. The zero-order chi connectivity index (χ0) is 15.0. The zero-order valence-electron chi connectivity index (χ0n) is 13.2. The fraction of sp³-hybridized carbons (Fsp3) is 0.733. The van der Waals surface area contributed by atoms with Gasteiger partial charge < -0.3 is 10.6 Å². The molecule has 0 bridgehead atoms. The highest BCUT2D eigenvalue weighted by molar-refractivity contribution is 5.76. The van der Waals surface area contributed by atoms with Crippen LogP contribution in [0.4, 0.5) is 5.69 Å². The second kappa shape index (κ2) is 5.46. The first kappa shape index (κ1) is 14.9. The molecule has 2 heterocycles. The van der Waals surface area contributed by atoms with Crippen LogP contribution >= 0.6 is 0 Å². The number of rotatable bonds is 2. The maximum Gasteiger partial charge on any atom is 0.244 e. The summed E-state index contributed by atoms with van der Waals surface area (Å²) >= 11 is 0. The lowest BCUT2D eigenvalue weighted by molar-refractivity contribution is -0.137. The van der Waals surface area contributed by atoms with E-state index in [9.17, 15) is 4.79 Å². The second-order valence-electron chi connectivity index (χ2n) is 6.35. The normalized spacial score (nSPS) is 26.9. The summed E-state index contributed by atoms with van der Waals surface area (Å²) in [5.41, 5.74) is 8.28. The number of nitrogen functional groups attached to an aromatic ring is 1. The Balaban J connectivity index is 2.13. The van der Waals surface area contributed by atoms with Gasteiger partial charge in [0.2, 0.25) is 5.91 Å². The number of amides is 1. The van der Waals surface area contributed by atoms with Crippen LogP contribution in [0.5, 0.6) is 0 Å². The van der Waals surface area contributed by atoms with Crippen molar-refractivity contribution in [3.05, 3.63) is 11.4 Å². The summed E-state index contributed by atoms with van der Waals surface area (Å²) in [6.07, 6.45) is 1.19. The van der Waals surface area contributed by atoms with Crippen LogP contribution in [-0.2, 0) is 11.3 Å². The fourth-order valence-electron chi connectivity index (χ4n) is 3.13. The average molecular weight is 278 g/mol. The van der Waals surface area contributed by atoms with Crippen LogP contribution in [-0.4, -0.2) is 33.2 Å². The van der Waals surface area contributed by atoms with Crippen LogP contribution in [0.3, 0.4) is 0 Å². The van der Waals surface area contributed by atoms with Crippen LogP contribution in [0.15, 0.2) is 0 Å². The number of likely N-dealkylation sites (tertiary alicyclic amines) is 1. The van der Waals surface area contributed by atoms with Gasteiger partial charge in [0, 0.05) is 12.6 Å². The molecule has 112 valence electrons. The summed E-state index contributed by atoms with van der Waals surface area (Å²) in [6.45, 7) is 11.5. The predicted octanol–water partition coefficient (Wildman–Crippen LogP) is 1.98. The number of aryl methyl sites for hydroxylation is 1. The van der Waals surface area contributed by atoms with E-state index < -0.39 is 0 Å². The summed E-state index contributed by atoms with van der Waals surface area (Å²) in [5, 5.41) is 4.35. The van der Waals surface area contributed by atoms with Gasteiger partial charge in [0.15, 0.2) is 0 Å². The molecular formula is C15H26N4O. The van der Waals surface area contributed by atoms with Crippen molar-refractivity contribution in [2.24, 2.45) is 11.8 Å². The summed E-state index contributed by atoms with van der Waals surface area (Å²) in [6, 6.07) is 0.299. The topological polar surface area (TPSA) is 64.2 Å². The highest BCUT2D eigenvalue weighted by atomic mass is 16.2. The van der Waals surface area contributed by atoms with E-state index in [2.05, 4.69) is 25.9 Å². The lowest BCUT2D eigenvalue weighted by atomic mass is 9.86. The number of piperidine rings is 1. The molecule has 1 saturated heterocycles. The van der Waals surface area contributed by atoms with Gasteiger partial charge >= 0.3 is 0 Å². The highest BCUT2D eigenvalue weighted by Gasteiger charge is 2.32. The molecule has 2 N–H and O–H groups in total. The van der Waals surface area contributed by atoms with Crippen molar-refractivity contribution in [3.63, 3.8) is 0 Å². The van der Waals surface area contributed by atoms with E-state index in [1.54, 1.807) is 4.68 Å². The molecule has 3 unspecified atom stereocenters. The molecule has 0 radical (unpaired) electrons. The maximum absolute atomic E-state index is 12.6. The maximum atomic E-state index is 12.6. The van der Waals surface area contributed by atoms with Gasteiger partial charge in [-0.3, -0.25) is 9.48 Å². The largest absolute Gasteiger partial charge is 0.396 e. The van der Waals surface area contributed by atoms with Crippen LogP contribution < -0.4 is 5.73 Å². The summed E-state index contributed by atoms with van der Waals surface area (Å²) < 4.78 is 1.73. The number of nitrogens with zero attached hydrogens (tertiary/aromatic N) is 3. The molecule has 2 rings (SSSR count). The Bertz CT molecular complexity index is 508. The third-order valence-electron chi connectivity index (χ3n) is 4.64.